The average Bonchev–Trinajstić information content (AvgIpc) is 2.64. The summed E-state index contributed by atoms with van der Waals surface area (Å²) in [7, 11) is 0. The highest BCUT2D eigenvalue weighted by atomic mass is 16.3. The zero-order chi connectivity index (χ0) is 18.1. The molecule has 1 aliphatic rings. The molecule has 0 spiro atoms. The quantitative estimate of drug-likeness (QED) is 0.759. The number of carbonyl (C=O) groups is 1. The molecule has 4 rings (SSSR count). The molecule has 132 valence electrons. The van der Waals surface area contributed by atoms with Crippen molar-refractivity contribution in [2.75, 3.05) is 0 Å². The van der Waals surface area contributed by atoms with Gasteiger partial charge in [-0.1, -0.05) is 42.5 Å². The van der Waals surface area contributed by atoms with Crippen LogP contribution >= 0.6 is 0 Å². The number of nitrogens with one attached hydrogen (secondary N) is 1. The van der Waals surface area contributed by atoms with Crippen molar-refractivity contribution in [2.24, 2.45) is 5.92 Å². The van der Waals surface area contributed by atoms with Gasteiger partial charge < -0.3 is 14.8 Å². The summed E-state index contributed by atoms with van der Waals surface area (Å²) in [4.78, 5) is 25.0. The number of aliphatic hydroxyl groups is 1. The van der Waals surface area contributed by atoms with Crippen LogP contribution < -0.4 is 10.7 Å². The van der Waals surface area contributed by atoms with Gasteiger partial charge in [0.25, 0.3) is 5.91 Å². The lowest BCUT2D eigenvalue weighted by molar-refractivity contribution is 0.0232. The number of carbonyl (C=O) groups excluding carboxylic acids is 1. The zero-order valence-electron chi connectivity index (χ0n) is 14.1. The third-order valence-electron chi connectivity index (χ3n) is 4.92. The molecule has 1 atom stereocenters. The van der Waals surface area contributed by atoms with Crippen molar-refractivity contribution < 1.29 is 14.3 Å². The van der Waals surface area contributed by atoms with Gasteiger partial charge in [0.1, 0.15) is 5.58 Å². The number of aliphatic hydroxyl groups excluding tert-OH is 1. The third-order valence-corrected chi connectivity index (χ3v) is 4.92. The van der Waals surface area contributed by atoms with E-state index in [1.807, 2.05) is 30.3 Å². The first-order valence-corrected chi connectivity index (χ1v) is 8.68. The minimum Gasteiger partial charge on any atom is -0.451 e. The monoisotopic (exact) mass is 349 g/mol. The maximum atomic E-state index is 12.7. The van der Waals surface area contributed by atoms with Gasteiger partial charge in [0.15, 0.2) is 11.2 Å². The molecule has 0 radical (unpaired) electrons. The number of hydrogen-bond acceptors (Lipinski definition) is 4. The fourth-order valence-corrected chi connectivity index (χ4v) is 3.46. The average molecular weight is 349 g/mol. The Bertz CT molecular complexity index is 990. The summed E-state index contributed by atoms with van der Waals surface area (Å²) < 4.78 is 5.63. The van der Waals surface area contributed by atoms with E-state index in [4.69, 9.17) is 4.42 Å². The molecular formula is C21H19NO4. The predicted molar refractivity (Wildman–Crippen MR) is 97.9 cm³/mol. The molecule has 26 heavy (non-hydrogen) atoms. The molecular weight excluding hydrogens is 330 g/mol. The van der Waals surface area contributed by atoms with Crippen LogP contribution in [0.25, 0.3) is 11.0 Å². The van der Waals surface area contributed by atoms with Gasteiger partial charge in [0.05, 0.1) is 17.5 Å². The van der Waals surface area contributed by atoms with Crippen molar-refractivity contribution in [3.8, 4) is 0 Å². The number of benzene rings is 2. The Balaban J connectivity index is 1.63. The molecule has 0 unspecified atom stereocenters. The van der Waals surface area contributed by atoms with Crippen molar-refractivity contribution in [3.63, 3.8) is 0 Å². The zero-order valence-corrected chi connectivity index (χ0v) is 14.1. The van der Waals surface area contributed by atoms with E-state index in [9.17, 15) is 14.7 Å². The molecule has 0 aliphatic heterocycles. The Morgan fingerprint density at radius 1 is 1.08 bits per heavy atom. The van der Waals surface area contributed by atoms with Gasteiger partial charge in [0, 0.05) is 6.07 Å². The van der Waals surface area contributed by atoms with E-state index < -0.39 is 5.91 Å². The van der Waals surface area contributed by atoms with Crippen LogP contribution in [0, 0.1) is 5.92 Å². The Morgan fingerprint density at radius 3 is 2.50 bits per heavy atom. The van der Waals surface area contributed by atoms with Crippen LogP contribution in [0.15, 0.2) is 69.9 Å². The summed E-state index contributed by atoms with van der Waals surface area (Å²) in [6, 6.07) is 17.5. The molecule has 1 aromatic heterocycles. The highest BCUT2D eigenvalue weighted by Gasteiger charge is 2.36. The molecule has 1 fully saturated rings. The molecule has 0 saturated heterocycles. The number of rotatable bonds is 4. The van der Waals surface area contributed by atoms with Gasteiger partial charge in [0.2, 0.25) is 0 Å². The van der Waals surface area contributed by atoms with E-state index in [1.165, 1.54) is 6.07 Å². The fourth-order valence-electron chi connectivity index (χ4n) is 3.46. The lowest BCUT2D eigenvalue weighted by Gasteiger charge is -2.38. The molecule has 1 saturated carbocycles. The van der Waals surface area contributed by atoms with Gasteiger partial charge in [-0.25, -0.2) is 0 Å². The largest absolute Gasteiger partial charge is 0.451 e. The molecule has 5 nitrogen and oxygen atoms in total. The highest BCUT2D eigenvalue weighted by Crippen LogP contribution is 2.38. The standard InChI is InChI=1S/C21H19NO4/c23-15-10-14(11-15)20(13-6-2-1-3-7-13)22-21(25)19-12-17(24)16-8-4-5-9-18(16)26-19/h1-9,12,14-15,20,23H,10-11H2,(H,22,25)/t14?,15?,20-/m1/s1. The predicted octanol–water partition coefficient (Wildman–Crippen LogP) is 3.04. The summed E-state index contributed by atoms with van der Waals surface area (Å²) in [5.41, 5.74) is 1.12. The van der Waals surface area contributed by atoms with Crippen molar-refractivity contribution in [1.82, 2.24) is 5.32 Å². The summed E-state index contributed by atoms with van der Waals surface area (Å²) in [6.07, 6.45) is 0.963. The number of hydrogen-bond donors (Lipinski definition) is 2. The Labute approximate surface area is 150 Å². The van der Waals surface area contributed by atoms with Crippen LogP contribution in [-0.2, 0) is 0 Å². The maximum absolute atomic E-state index is 12.7. The lowest BCUT2D eigenvalue weighted by Crippen LogP contribution is -2.41. The van der Waals surface area contributed by atoms with Gasteiger partial charge in [-0.2, -0.15) is 0 Å². The van der Waals surface area contributed by atoms with Crippen molar-refractivity contribution in [1.29, 1.82) is 0 Å². The molecule has 1 heterocycles. The molecule has 2 N–H and O–H groups in total. The molecule has 3 aromatic rings. The molecule has 1 aliphatic carbocycles. The van der Waals surface area contributed by atoms with Gasteiger partial charge >= 0.3 is 0 Å². The minimum absolute atomic E-state index is 0.00509. The van der Waals surface area contributed by atoms with E-state index in [1.54, 1.807) is 24.3 Å². The summed E-state index contributed by atoms with van der Waals surface area (Å²) >= 11 is 0. The van der Waals surface area contributed by atoms with E-state index in [-0.39, 0.29) is 29.3 Å². The first-order chi connectivity index (χ1) is 12.6. The molecule has 1 amide bonds. The molecule has 5 heteroatoms. The van der Waals surface area contributed by atoms with E-state index in [0.29, 0.717) is 23.8 Å². The molecule has 2 aromatic carbocycles. The summed E-state index contributed by atoms with van der Waals surface area (Å²) in [5.74, 6) is -0.277. The van der Waals surface area contributed by atoms with Gasteiger partial charge in [-0.05, 0) is 36.5 Å². The van der Waals surface area contributed by atoms with E-state index in [2.05, 4.69) is 5.32 Å². The van der Waals surface area contributed by atoms with Gasteiger partial charge in [-0.3, -0.25) is 9.59 Å². The lowest BCUT2D eigenvalue weighted by atomic mass is 9.75. The second-order valence-corrected chi connectivity index (χ2v) is 6.72. The Hall–Kier alpha value is -2.92. The van der Waals surface area contributed by atoms with Crippen LogP contribution in [-0.4, -0.2) is 17.1 Å². The summed E-state index contributed by atoms with van der Waals surface area (Å²) in [5, 5.41) is 13.1. The second-order valence-electron chi connectivity index (χ2n) is 6.72. The first-order valence-electron chi connectivity index (χ1n) is 8.68. The smallest absolute Gasteiger partial charge is 0.287 e. The van der Waals surface area contributed by atoms with Crippen LogP contribution in [0.4, 0.5) is 0 Å². The second kappa shape index (κ2) is 6.77. The molecule has 0 bridgehead atoms. The van der Waals surface area contributed by atoms with Crippen LogP contribution in [0.2, 0.25) is 0 Å². The normalized spacial score (nSPS) is 20.3. The van der Waals surface area contributed by atoms with Crippen LogP contribution in [0.1, 0.15) is 35.0 Å². The van der Waals surface area contributed by atoms with E-state index >= 15 is 0 Å². The third kappa shape index (κ3) is 3.13. The van der Waals surface area contributed by atoms with E-state index in [0.717, 1.165) is 5.56 Å². The fraction of sp³-hybridized carbons (Fsp3) is 0.238. The van der Waals surface area contributed by atoms with Crippen LogP contribution in [0.3, 0.4) is 0 Å². The van der Waals surface area contributed by atoms with Crippen molar-refractivity contribution in [2.45, 2.75) is 25.0 Å². The maximum Gasteiger partial charge on any atom is 0.287 e. The summed E-state index contributed by atoms with van der Waals surface area (Å²) in [6.45, 7) is 0. The van der Waals surface area contributed by atoms with Crippen molar-refractivity contribution >= 4 is 16.9 Å². The number of para-hydroxylation sites is 1. The number of fused-ring (bicyclic) bond motifs is 1. The van der Waals surface area contributed by atoms with Gasteiger partial charge in [-0.15, -0.1) is 0 Å². The number of amides is 1. The van der Waals surface area contributed by atoms with Crippen LogP contribution in [0.5, 0.6) is 0 Å². The highest BCUT2D eigenvalue weighted by molar-refractivity contribution is 5.93. The van der Waals surface area contributed by atoms with Crippen molar-refractivity contribution in [3.05, 3.63) is 82.2 Å². The Morgan fingerprint density at radius 2 is 1.77 bits per heavy atom. The Kier molecular flexibility index (Phi) is 4.31. The SMILES string of the molecule is O=C(N[C@H](c1ccccc1)C1CC(O)C1)c1cc(=O)c2ccccc2o1. The first kappa shape index (κ1) is 16.5. The topological polar surface area (TPSA) is 79.5 Å². The minimum atomic E-state index is -0.428.